The zero-order chi connectivity index (χ0) is 15.9. The molecule has 5 nitrogen and oxygen atoms in total. The Morgan fingerprint density at radius 1 is 1.41 bits per heavy atom. The van der Waals surface area contributed by atoms with E-state index < -0.39 is 11.8 Å². The standard InChI is InChI=1S/C15H14BrFN2O3/c16-11-4-9-13(5-12(11)17)18-6-10(15(21)22)14(9)19-7-1-2-8(20)3-7/h4-8,20H,1-3H2,(H,18,19)(H,21,22). The van der Waals surface area contributed by atoms with Crippen LogP contribution in [0, 0.1) is 5.82 Å². The smallest absolute Gasteiger partial charge is 0.339 e. The number of carboxylic acid groups (broad SMARTS) is 1. The van der Waals surface area contributed by atoms with Gasteiger partial charge in [0.1, 0.15) is 11.4 Å². The molecule has 2 atom stereocenters. The van der Waals surface area contributed by atoms with Crippen LogP contribution in [0.15, 0.2) is 22.8 Å². The number of hydrogen-bond acceptors (Lipinski definition) is 4. The van der Waals surface area contributed by atoms with Crippen LogP contribution >= 0.6 is 15.9 Å². The minimum atomic E-state index is -1.10. The molecule has 1 saturated carbocycles. The number of carboxylic acids is 1. The Labute approximate surface area is 134 Å². The molecule has 7 heteroatoms. The van der Waals surface area contributed by atoms with Crippen molar-refractivity contribution in [1.82, 2.24) is 4.98 Å². The van der Waals surface area contributed by atoms with Gasteiger partial charge in [-0.15, -0.1) is 0 Å². The number of halogens is 2. The highest BCUT2D eigenvalue weighted by Gasteiger charge is 2.25. The highest BCUT2D eigenvalue weighted by molar-refractivity contribution is 9.10. The van der Waals surface area contributed by atoms with E-state index >= 15 is 0 Å². The lowest BCUT2D eigenvalue weighted by molar-refractivity contribution is 0.0697. The van der Waals surface area contributed by atoms with Gasteiger partial charge in [-0.05, 0) is 41.3 Å². The Balaban J connectivity index is 2.12. The van der Waals surface area contributed by atoms with E-state index in [0.717, 1.165) is 6.42 Å². The fraction of sp³-hybridized carbons (Fsp3) is 0.333. The van der Waals surface area contributed by atoms with Crippen LogP contribution < -0.4 is 5.32 Å². The maximum absolute atomic E-state index is 13.6. The van der Waals surface area contributed by atoms with E-state index in [0.29, 0.717) is 29.4 Å². The number of hydrogen-bond donors (Lipinski definition) is 3. The molecule has 3 N–H and O–H groups in total. The van der Waals surface area contributed by atoms with Gasteiger partial charge in [0.25, 0.3) is 0 Å². The number of aromatic carboxylic acids is 1. The molecule has 116 valence electrons. The van der Waals surface area contributed by atoms with Crippen molar-refractivity contribution < 1.29 is 19.4 Å². The van der Waals surface area contributed by atoms with E-state index in [4.69, 9.17) is 0 Å². The van der Waals surface area contributed by atoms with Gasteiger partial charge in [0.15, 0.2) is 0 Å². The Morgan fingerprint density at radius 3 is 2.82 bits per heavy atom. The van der Waals surface area contributed by atoms with Crippen LogP contribution in [0.1, 0.15) is 29.6 Å². The molecule has 1 fully saturated rings. The average molecular weight is 369 g/mol. The number of aliphatic hydroxyl groups is 1. The molecule has 0 spiro atoms. The Morgan fingerprint density at radius 2 is 2.18 bits per heavy atom. The lowest BCUT2D eigenvalue weighted by Crippen LogP contribution is -2.19. The molecule has 1 heterocycles. The maximum Gasteiger partial charge on any atom is 0.339 e. The van der Waals surface area contributed by atoms with E-state index in [1.54, 1.807) is 0 Å². The zero-order valence-electron chi connectivity index (χ0n) is 11.5. The molecule has 0 saturated heterocycles. The van der Waals surface area contributed by atoms with Gasteiger partial charge in [-0.25, -0.2) is 9.18 Å². The quantitative estimate of drug-likeness (QED) is 0.774. The first kappa shape index (κ1) is 15.2. The second-order valence-corrected chi connectivity index (χ2v) is 6.30. The van der Waals surface area contributed by atoms with Crippen LogP contribution in [-0.4, -0.2) is 33.3 Å². The number of benzene rings is 1. The van der Waals surface area contributed by atoms with Gasteiger partial charge in [-0.3, -0.25) is 4.98 Å². The predicted octanol–water partition coefficient (Wildman–Crippen LogP) is 3.16. The number of fused-ring (bicyclic) bond motifs is 1. The van der Waals surface area contributed by atoms with Gasteiger partial charge in [0.05, 0.1) is 21.8 Å². The largest absolute Gasteiger partial charge is 0.478 e. The monoisotopic (exact) mass is 368 g/mol. The van der Waals surface area contributed by atoms with Gasteiger partial charge >= 0.3 is 5.97 Å². The molecule has 1 aromatic carbocycles. The lowest BCUT2D eigenvalue weighted by Gasteiger charge is -2.18. The Hall–Kier alpha value is -1.73. The summed E-state index contributed by atoms with van der Waals surface area (Å²) in [6.45, 7) is 0. The third-order valence-electron chi connectivity index (χ3n) is 3.89. The van der Waals surface area contributed by atoms with Crippen molar-refractivity contribution in [3.8, 4) is 0 Å². The highest BCUT2D eigenvalue weighted by Crippen LogP contribution is 2.33. The summed E-state index contributed by atoms with van der Waals surface area (Å²) in [7, 11) is 0. The zero-order valence-corrected chi connectivity index (χ0v) is 13.1. The number of nitrogens with zero attached hydrogens (tertiary/aromatic N) is 1. The fourth-order valence-electron chi connectivity index (χ4n) is 2.80. The molecule has 1 aliphatic carbocycles. The van der Waals surface area contributed by atoms with Gasteiger partial charge in [0, 0.05) is 23.7 Å². The molecule has 22 heavy (non-hydrogen) atoms. The number of pyridine rings is 1. The van der Waals surface area contributed by atoms with Crippen LogP contribution in [-0.2, 0) is 0 Å². The third-order valence-corrected chi connectivity index (χ3v) is 4.50. The van der Waals surface area contributed by atoms with Crippen LogP contribution in [0.4, 0.5) is 10.1 Å². The second kappa shape index (κ2) is 5.81. The van der Waals surface area contributed by atoms with E-state index in [2.05, 4.69) is 26.2 Å². The first-order valence-electron chi connectivity index (χ1n) is 6.91. The summed E-state index contributed by atoms with van der Waals surface area (Å²) in [5, 5.41) is 22.7. The molecule has 0 radical (unpaired) electrons. The molecule has 3 rings (SSSR count). The van der Waals surface area contributed by atoms with Gasteiger partial charge in [0.2, 0.25) is 0 Å². The number of nitrogens with one attached hydrogen (secondary N) is 1. The average Bonchev–Trinajstić information content (AvgIpc) is 2.86. The summed E-state index contributed by atoms with van der Waals surface area (Å²) in [6.07, 6.45) is 2.85. The molecule has 2 aromatic rings. The molecule has 2 unspecified atom stereocenters. The fourth-order valence-corrected chi connectivity index (χ4v) is 3.14. The summed E-state index contributed by atoms with van der Waals surface area (Å²) in [5.74, 6) is -1.55. The van der Waals surface area contributed by atoms with E-state index in [1.807, 2.05) is 0 Å². The van der Waals surface area contributed by atoms with Crippen molar-refractivity contribution in [1.29, 1.82) is 0 Å². The van der Waals surface area contributed by atoms with Crippen LogP contribution in [0.2, 0.25) is 0 Å². The van der Waals surface area contributed by atoms with Crippen molar-refractivity contribution in [3.63, 3.8) is 0 Å². The number of anilines is 1. The lowest BCUT2D eigenvalue weighted by atomic mass is 10.1. The number of aliphatic hydroxyl groups excluding tert-OH is 1. The molecule has 0 aliphatic heterocycles. The third kappa shape index (κ3) is 2.78. The molecule has 1 aliphatic rings. The number of rotatable bonds is 3. The summed E-state index contributed by atoms with van der Waals surface area (Å²) >= 11 is 3.12. The van der Waals surface area contributed by atoms with Crippen LogP contribution in [0.3, 0.4) is 0 Å². The van der Waals surface area contributed by atoms with Crippen LogP contribution in [0.5, 0.6) is 0 Å². The normalized spacial score (nSPS) is 21.2. The molecule has 0 bridgehead atoms. The summed E-state index contributed by atoms with van der Waals surface area (Å²) in [4.78, 5) is 15.5. The van der Waals surface area contributed by atoms with Crippen molar-refractivity contribution in [2.75, 3.05) is 5.32 Å². The van der Waals surface area contributed by atoms with Crippen molar-refractivity contribution in [2.24, 2.45) is 0 Å². The van der Waals surface area contributed by atoms with E-state index in [-0.39, 0.29) is 22.2 Å². The Bertz CT molecular complexity index is 753. The summed E-state index contributed by atoms with van der Waals surface area (Å²) in [6, 6.07) is 2.78. The molecule has 0 amide bonds. The van der Waals surface area contributed by atoms with Crippen molar-refractivity contribution in [3.05, 3.63) is 34.2 Å². The number of aromatic nitrogens is 1. The van der Waals surface area contributed by atoms with Gasteiger partial charge < -0.3 is 15.5 Å². The highest BCUT2D eigenvalue weighted by atomic mass is 79.9. The minimum Gasteiger partial charge on any atom is -0.478 e. The second-order valence-electron chi connectivity index (χ2n) is 5.44. The topological polar surface area (TPSA) is 82.5 Å². The van der Waals surface area contributed by atoms with Crippen LogP contribution in [0.25, 0.3) is 10.9 Å². The van der Waals surface area contributed by atoms with E-state index in [1.165, 1.54) is 18.3 Å². The first-order chi connectivity index (χ1) is 10.5. The van der Waals surface area contributed by atoms with Gasteiger partial charge in [-0.1, -0.05) is 0 Å². The van der Waals surface area contributed by atoms with Gasteiger partial charge in [-0.2, -0.15) is 0 Å². The SMILES string of the molecule is O=C(O)c1cnc2cc(F)c(Br)cc2c1NC1CCC(O)C1. The molecular weight excluding hydrogens is 355 g/mol. The minimum absolute atomic E-state index is 0.0115. The Kier molecular flexibility index (Phi) is 4.01. The summed E-state index contributed by atoms with van der Waals surface area (Å²) in [5.41, 5.74) is 0.830. The predicted molar refractivity (Wildman–Crippen MR) is 83.6 cm³/mol. The molecular formula is C15H14BrFN2O3. The summed E-state index contributed by atoms with van der Waals surface area (Å²) < 4.78 is 13.9. The van der Waals surface area contributed by atoms with E-state index in [9.17, 15) is 19.4 Å². The number of carbonyl (C=O) groups is 1. The van der Waals surface area contributed by atoms with Crippen molar-refractivity contribution >= 4 is 38.5 Å². The molecule has 1 aromatic heterocycles. The van der Waals surface area contributed by atoms with Crippen molar-refractivity contribution in [2.45, 2.75) is 31.4 Å². The first-order valence-corrected chi connectivity index (χ1v) is 7.70. The maximum atomic E-state index is 13.6.